The molecule has 108 valence electrons. The molecule has 3 nitrogen and oxygen atoms in total. The second-order valence-electron chi connectivity index (χ2n) is 4.76. The minimum Gasteiger partial charge on any atom is -0.469 e. The van der Waals surface area contributed by atoms with Gasteiger partial charge in [-0.1, -0.05) is 41.4 Å². The molecular formula is C10H15BrClF3O3. The minimum absolute atomic E-state index is 0.113. The quantitative estimate of drug-likeness (QED) is 0.608. The van der Waals surface area contributed by atoms with Gasteiger partial charge in [-0.3, -0.25) is 4.79 Å². The van der Waals surface area contributed by atoms with Crippen LogP contribution >= 0.6 is 27.5 Å². The molecule has 0 rings (SSSR count). The van der Waals surface area contributed by atoms with Gasteiger partial charge >= 0.3 is 12.1 Å². The predicted molar refractivity (Wildman–Crippen MR) is 64.6 cm³/mol. The van der Waals surface area contributed by atoms with Crippen molar-refractivity contribution in [2.45, 2.75) is 42.8 Å². The lowest BCUT2D eigenvalue weighted by Crippen LogP contribution is -2.46. The molecule has 0 aliphatic carbocycles. The fourth-order valence-corrected chi connectivity index (χ4v) is 1.61. The first kappa shape index (κ1) is 18.0. The largest absolute Gasteiger partial charge is 0.469 e. The lowest BCUT2D eigenvalue weighted by Gasteiger charge is -2.33. The van der Waals surface area contributed by atoms with Gasteiger partial charge in [-0.15, -0.1) is 0 Å². The summed E-state index contributed by atoms with van der Waals surface area (Å²) in [5, 5.41) is 9.58. The SMILES string of the molecule is COC(=O)CC(C)(C)CC(O)C(Cl)(Br)C(F)(F)F. The van der Waals surface area contributed by atoms with E-state index in [4.69, 9.17) is 11.6 Å². The van der Waals surface area contributed by atoms with Crippen molar-refractivity contribution in [3.63, 3.8) is 0 Å². The Bertz CT molecular complexity index is 305. The zero-order chi connectivity index (χ0) is 14.8. The molecular weight excluding hydrogens is 340 g/mol. The molecule has 0 aliphatic rings. The summed E-state index contributed by atoms with van der Waals surface area (Å²) in [7, 11) is 1.18. The van der Waals surface area contributed by atoms with Crippen molar-refractivity contribution in [1.82, 2.24) is 0 Å². The number of carbonyl (C=O) groups is 1. The second-order valence-corrected chi connectivity index (χ2v) is 7.06. The number of halogens is 5. The van der Waals surface area contributed by atoms with E-state index in [-0.39, 0.29) is 12.8 Å². The number of ether oxygens (including phenoxy) is 1. The van der Waals surface area contributed by atoms with Crippen LogP contribution in [-0.2, 0) is 9.53 Å². The van der Waals surface area contributed by atoms with Crippen molar-refractivity contribution in [2.75, 3.05) is 7.11 Å². The molecule has 0 amide bonds. The Kier molecular flexibility index (Phi) is 5.96. The number of aliphatic hydroxyl groups is 1. The molecule has 0 aromatic carbocycles. The molecule has 0 aromatic rings. The van der Waals surface area contributed by atoms with Crippen molar-refractivity contribution >= 4 is 33.5 Å². The molecule has 0 spiro atoms. The van der Waals surface area contributed by atoms with E-state index in [2.05, 4.69) is 20.7 Å². The summed E-state index contributed by atoms with van der Waals surface area (Å²) in [6, 6.07) is 0. The summed E-state index contributed by atoms with van der Waals surface area (Å²) in [6.07, 6.45) is -7.12. The maximum Gasteiger partial charge on any atom is 0.420 e. The highest BCUT2D eigenvalue weighted by Gasteiger charge is 2.57. The number of esters is 1. The van der Waals surface area contributed by atoms with Crippen LogP contribution < -0.4 is 0 Å². The van der Waals surface area contributed by atoms with Crippen molar-refractivity contribution in [2.24, 2.45) is 5.41 Å². The average molecular weight is 356 g/mol. The third-order valence-corrected chi connectivity index (χ3v) is 3.84. The molecule has 0 fully saturated rings. The Morgan fingerprint density at radius 2 is 1.89 bits per heavy atom. The maximum atomic E-state index is 12.6. The van der Waals surface area contributed by atoms with Gasteiger partial charge in [0.1, 0.15) is 0 Å². The molecule has 1 N–H and O–H groups in total. The molecule has 8 heteroatoms. The molecule has 0 bridgehead atoms. The zero-order valence-electron chi connectivity index (χ0n) is 10.1. The summed E-state index contributed by atoms with van der Waals surface area (Å²) in [5.41, 5.74) is -0.869. The molecule has 18 heavy (non-hydrogen) atoms. The number of alkyl halides is 5. The number of rotatable bonds is 5. The third kappa shape index (κ3) is 4.93. The number of methoxy groups -OCH3 is 1. The standard InChI is InChI=1S/C10H15BrClF3O3/c1-8(2,5-7(17)18-3)4-6(16)9(11,12)10(13,14)15/h6,16H,4-5H2,1-3H3. The molecule has 2 unspecified atom stereocenters. The fraction of sp³-hybridized carbons (Fsp3) is 0.900. The van der Waals surface area contributed by atoms with E-state index in [1.165, 1.54) is 7.11 Å². The van der Waals surface area contributed by atoms with Crippen molar-refractivity contribution in [3.8, 4) is 0 Å². The highest BCUT2D eigenvalue weighted by atomic mass is 79.9. The van der Waals surface area contributed by atoms with E-state index >= 15 is 0 Å². The average Bonchev–Trinajstić information content (AvgIpc) is 2.13. The van der Waals surface area contributed by atoms with Gasteiger partial charge in [0.2, 0.25) is 3.78 Å². The highest BCUT2D eigenvalue weighted by Crippen LogP contribution is 2.47. The van der Waals surface area contributed by atoms with E-state index in [0.29, 0.717) is 0 Å². The minimum atomic E-state index is -4.81. The van der Waals surface area contributed by atoms with Gasteiger partial charge in [0.05, 0.1) is 19.6 Å². The van der Waals surface area contributed by atoms with Gasteiger partial charge in [-0.05, 0) is 11.8 Å². The Labute approximate surface area is 117 Å². The van der Waals surface area contributed by atoms with Gasteiger partial charge in [0.15, 0.2) is 0 Å². The summed E-state index contributed by atoms with van der Waals surface area (Å²) in [6.45, 7) is 3.09. The molecule has 0 saturated heterocycles. The molecule has 0 heterocycles. The van der Waals surface area contributed by atoms with Crippen LogP contribution in [0.3, 0.4) is 0 Å². The van der Waals surface area contributed by atoms with Crippen LogP contribution in [0.25, 0.3) is 0 Å². The summed E-state index contributed by atoms with van der Waals surface area (Å²) >= 11 is 7.54. The summed E-state index contributed by atoms with van der Waals surface area (Å²) in [4.78, 5) is 11.1. The van der Waals surface area contributed by atoms with E-state index in [1.54, 1.807) is 13.8 Å². The monoisotopic (exact) mass is 354 g/mol. The highest BCUT2D eigenvalue weighted by molar-refractivity contribution is 9.10. The lowest BCUT2D eigenvalue weighted by molar-refractivity contribution is -0.161. The number of hydrogen-bond donors (Lipinski definition) is 1. The molecule has 0 radical (unpaired) electrons. The van der Waals surface area contributed by atoms with Crippen LogP contribution in [0.1, 0.15) is 26.7 Å². The fourth-order valence-electron chi connectivity index (χ4n) is 1.38. The van der Waals surface area contributed by atoms with Crippen LogP contribution in [0, 0.1) is 5.41 Å². The number of hydrogen-bond acceptors (Lipinski definition) is 3. The zero-order valence-corrected chi connectivity index (χ0v) is 12.5. The van der Waals surface area contributed by atoms with Crippen molar-refractivity contribution in [3.05, 3.63) is 0 Å². The number of carbonyl (C=O) groups excluding carboxylic acids is 1. The topological polar surface area (TPSA) is 46.5 Å². The summed E-state index contributed by atoms with van der Waals surface area (Å²) < 4.78 is 39.2. The van der Waals surface area contributed by atoms with Crippen molar-refractivity contribution < 1.29 is 27.8 Å². The third-order valence-electron chi connectivity index (χ3n) is 2.39. The molecule has 0 aromatic heterocycles. The molecule has 0 aliphatic heterocycles. The Balaban J connectivity index is 4.74. The smallest absolute Gasteiger partial charge is 0.420 e. The van der Waals surface area contributed by atoms with E-state index in [0.717, 1.165) is 0 Å². The lowest BCUT2D eigenvalue weighted by atomic mass is 9.82. The number of aliphatic hydroxyl groups excluding tert-OH is 1. The van der Waals surface area contributed by atoms with Crippen LogP contribution in [0.15, 0.2) is 0 Å². The first-order valence-electron chi connectivity index (χ1n) is 5.03. The van der Waals surface area contributed by atoms with Gasteiger partial charge in [0, 0.05) is 0 Å². The van der Waals surface area contributed by atoms with E-state index in [9.17, 15) is 23.1 Å². The maximum absolute atomic E-state index is 12.6. The van der Waals surface area contributed by atoms with Crippen LogP contribution in [0.2, 0.25) is 0 Å². The van der Waals surface area contributed by atoms with Gasteiger partial charge < -0.3 is 9.84 Å². The Morgan fingerprint density at radius 1 is 1.44 bits per heavy atom. The first-order chi connectivity index (χ1) is 7.83. The van der Waals surface area contributed by atoms with E-state index < -0.39 is 27.4 Å². The van der Waals surface area contributed by atoms with E-state index in [1.807, 2.05) is 0 Å². The van der Waals surface area contributed by atoms with Gasteiger partial charge in [-0.2, -0.15) is 13.2 Å². The Hall–Kier alpha value is -0.0100. The normalized spacial score (nSPS) is 18.1. The van der Waals surface area contributed by atoms with Crippen LogP contribution in [-0.4, -0.2) is 34.2 Å². The molecule has 2 atom stereocenters. The predicted octanol–water partition coefficient (Wildman–Crippen LogP) is 3.22. The molecule has 0 saturated carbocycles. The van der Waals surface area contributed by atoms with Crippen molar-refractivity contribution in [1.29, 1.82) is 0 Å². The second kappa shape index (κ2) is 5.96. The Morgan fingerprint density at radius 3 is 2.22 bits per heavy atom. The van der Waals surface area contributed by atoms with Crippen LogP contribution in [0.5, 0.6) is 0 Å². The van der Waals surface area contributed by atoms with Gasteiger partial charge in [0.25, 0.3) is 0 Å². The van der Waals surface area contributed by atoms with Gasteiger partial charge in [-0.25, -0.2) is 0 Å². The van der Waals surface area contributed by atoms with Crippen LogP contribution in [0.4, 0.5) is 13.2 Å². The first-order valence-corrected chi connectivity index (χ1v) is 6.20. The summed E-state index contributed by atoms with van der Waals surface area (Å²) in [5.74, 6) is -0.561.